The number of benzene rings is 5. The van der Waals surface area contributed by atoms with E-state index < -0.39 is 41.1 Å². The number of unbranched alkanes of at least 4 members (excludes halogenated alkanes) is 17. The molecule has 0 saturated carbocycles. The van der Waals surface area contributed by atoms with Crippen LogP contribution in [0.4, 0.5) is 8.78 Å². The molecule has 11 heteroatoms. The minimum atomic E-state index is -1.06. The molecule has 0 saturated heterocycles. The van der Waals surface area contributed by atoms with Crippen molar-refractivity contribution in [3.8, 4) is 28.7 Å². The number of carbonyl (C=O) groups excluding carboxylic acids is 4. The first-order chi connectivity index (χ1) is 33.1. The normalized spacial score (nSPS) is 10.9. The van der Waals surface area contributed by atoms with Gasteiger partial charge in [-0.3, -0.25) is 0 Å². The number of rotatable bonds is 30. The highest BCUT2D eigenvalue weighted by atomic mass is 19.1. The van der Waals surface area contributed by atoms with Crippen molar-refractivity contribution < 1.29 is 51.6 Å². The van der Waals surface area contributed by atoms with Crippen LogP contribution in [0.1, 0.15) is 183 Å². The van der Waals surface area contributed by atoms with Crippen molar-refractivity contribution in [1.82, 2.24) is 0 Å². The molecule has 362 valence electrons. The van der Waals surface area contributed by atoms with Crippen molar-refractivity contribution in [2.75, 3.05) is 6.61 Å². The Morgan fingerprint density at radius 2 is 0.838 bits per heavy atom. The minimum absolute atomic E-state index is 0.0241. The summed E-state index contributed by atoms with van der Waals surface area (Å²) in [4.78, 5) is 51.5. The van der Waals surface area contributed by atoms with Crippen molar-refractivity contribution in [2.45, 2.75) is 142 Å². The van der Waals surface area contributed by atoms with E-state index in [2.05, 4.69) is 13.8 Å². The maximum atomic E-state index is 15.1. The number of hydrogen-bond donors (Lipinski definition) is 0. The molecule has 9 nitrogen and oxygen atoms in total. The second-order valence-corrected chi connectivity index (χ2v) is 17.1. The van der Waals surface area contributed by atoms with Gasteiger partial charge in [-0.25, -0.2) is 28.0 Å². The Kier molecular flexibility index (Phi) is 22.8. The molecule has 0 bridgehead atoms. The monoisotopic (exact) mass is 932 g/mol. The molecule has 0 radical (unpaired) electrons. The molecule has 5 aromatic rings. The molecular formula is C57H66F2O9. The topological polar surface area (TPSA) is 114 Å². The average Bonchev–Trinajstić information content (AvgIpc) is 3.33. The van der Waals surface area contributed by atoms with E-state index in [1.807, 2.05) is 12.1 Å². The highest BCUT2D eigenvalue weighted by Crippen LogP contribution is 2.26. The van der Waals surface area contributed by atoms with Crippen LogP contribution < -0.4 is 23.7 Å². The van der Waals surface area contributed by atoms with Crippen LogP contribution in [-0.2, 0) is 6.42 Å². The van der Waals surface area contributed by atoms with Gasteiger partial charge in [0.2, 0.25) is 0 Å². The van der Waals surface area contributed by atoms with Crippen LogP contribution in [0.2, 0.25) is 0 Å². The molecule has 0 N–H and O–H groups in total. The van der Waals surface area contributed by atoms with Gasteiger partial charge in [0.1, 0.15) is 28.8 Å². The lowest BCUT2D eigenvalue weighted by Crippen LogP contribution is -2.13. The zero-order chi connectivity index (χ0) is 48.4. The summed E-state index contributed by atoms with van der Waals surface area (Å²) in [6.45, 7) is 4.80. The van der Waals surface area contributed by atoms with Crippen molar-refractivity contribution in [3.63, 3.8) is 0 Å². The lowest BCUT2D eigenvalue weighted by atomic mass is 10.0. The molecular weight excluding hydrogens is 867 g/mol. The summed E-state index contributed by atoms with van der Waals surface area (Å²) >= 11 is 0. The predicted molar refractivity (Wildman–Crippen MR) is 260 cm³/mol. The van der Waals surface area contributed by atoms with E-state index in [1.54, 1.807) is 12.1 Å². The van der Waals surface area contributed by atoms with Crippen LogP contribution in [0.3, 0.4) is 0 Å². The molecule has 0 aliphatic rings. The summed E-state index contributed by atoms with van der Waals surface area (Å²) in [5, 5.41) is 0. The third-order valence-corrected chi connectivity index (χ3v) is 11.6. The van der Waals surface area contributed by atoms with E-state index in [4.69, 9.17) is 23.7 Å². The molecule has 0 aliphatic heterocycles. The van der Waals surface area contributed by atoms with Crippen LogP contribution >= 0.6 is 0 Å². The Balaban J connectivity index is 1.02. The Morgan fingerprint density at radius 3 is 1.38 bits per heavy atom. The summed E-state index contributed by atoms with van der Waals surface area (Å²) in [7, 11) is 0. The Bertz CT molecular complexity index is 2340. The van der Waals surface area contributed by atoms with Crippen molar-refractivity contribution >= 4 is 23.9 Å². The van der Waals surface area contributed by atoms with Gasteiger partial charge in [-0.1, -0.05) is 141 Å². The number of esters is 4. The molecule has 68 heavy (non-hydrogen) atoms. The van der Waals surface area contributed by atoms with Gasteiger partial charge in [0.15, 0.2) is 11.6 Å². The van der Waals surface area contributed by atoms with Gasteiger partial charge < -0.3 is 23.7 Å². The van der Waals surface area contributed by atoms with Crippen molar-refractivity contribution in [3.05, 3.63) is 149 Å². The SMILES string of the molecule is CCCCCCCCCCCCc1ccc(C(=O)Oc2ccc(C(=O)Oc3cccc(OC(=O)c4ccc(OC(=O)c5ccc(OCCCCCCCCCCC)c(F)c5)cc4F)c3)cc2)cc1. The first-order valence-electron chi connectivity index (χ1n) is 24.5. The van der Waals surface area contributed by atoms with Crippen LogP contribution in [-0.4, -0.2) is 30.5 Å². The summed E-state index contributed by atoms with van der Waals surface area (Å²) < 4.78 is 57.1. The standard InChI is InChI=1S/C57H66F2O9/c1-3-5-7-9-11-13-14-16-18-20-23-42-26-28-43(29-27-42)54(60)65-46-33-30-44(31-34-46)55(61)66-47-24-22-25-48(40-47)68-57(63)50-36-35-49(41-51(50)58)67-56(62)45-32-37-53(52(59)39-45)64-38-21-19-17-15-12-10-8-6-4-2/h22,24-37,39-41H,3-21,23,38H2,1-2H3. The fourth-order valence-corrected chi connectivity index (χ4v) is 7.61. The van der Waals surface area contributed by atoms with Crippen LogP contribution in [0.15, 0.2) is 109 Å². The quantitative estimate of drug-likeness (QED) is 0.0252. The molecule has 0 aromatic heterocycles. The number of halogens is 2. The first kappa shape index (κ1) is 52.6. The van der Waals surface area contributed by atoms with Gasteiger partial charge in [0.25, 0.3) is 0 Å². The Labute approximate surface area is 400 Å². The molecule has 0 atom stereocenters. The summed E-state index contributed by atoms with van der Waals surface area (Å²) in [6.07, 6.45) is 24.2. The summed E-state index contributed by atoms with van der Waals surface area (Å²) in [6, 6.07) is 25.8. The maximum absolute atomic E-state index is 15.1. The van der Waals surface area contributed by atoms with Gasteiger partial charge >= 0.3 is 23.9 Å². The average molecular weight is 933 g/mol. The van der Waals surface area contributed by atoms with E-state index >= 15 is 4.39 Å². The van der Waals surface area contributed by atoms with Gasteiger partial charge in [-0.15, -0.1) is 0 Å². The molecule has 5 rings (SSSR count). The largest absolute Gasteiger partial charge is 0.491 e. The van der Waals surface area contributed by atoms with Gasteiger partial charge in [-0.2, -0.15) is 0 Å². The highest BCUT2D eigenvalue weighted by molar-refractivity contribution is 5.94. The van der Waals surface area contributed by atoms with Gasteiger partial charge in [0, 0.05) is 12.1 Å². The molecule has 5 aromatic carbocycles. The Morgan fingerprint density at radius 1 is 0.397 bits per heavy atom. The summed E-state index contributed by atoms with van der Waals surface area (Å²) in [5.74, 6) is -4.92. The van der Waals surface area contributed by atoms with E-state index in [1.165, 1.54) is 169 Å². The van der Waals surface area contributed by atoms with Gasteiger partial charge in [0.05, 0.1) is 28.9 Å². The molecule has 0 spiro atoms. The van der Waals surface area contributed by atoms with Gasteiger partial charge in [-0.05, 0) is 104 Å². The van der Waals surface area contributed by atoms with Crippen LogP contribution in [0.5, 0.6) is 28.7 Å². The second-order valence-electron chi connectivity index (χ2n) is 17.1. The lowest BCUT2D eigenvalue weighted by Gasteiger charge is -2.10. The fraction of sp³-hybridized carbons (Fsp3) is 0.404. The third kappa shape index (κ3) is 18.4. The maximum Gasteiger partial charge on any atom is 0.346 e. The minimum Gasteiger partial charge on any atom is -0.491 e. The fourth-order valence-electron chi connectivity index (χ4n) is 7.61. The van der Waals surface area contributed by atoms with E-state index in [0.29, 0.717) is 12.2 Å². The van der Waals surface area contributed by atoms with Crippen molar-refractivity contribution in [1.29, 1.82) is 0 Å². The van der Waals surface area contributed by atoms with E-state index in [0.717, 1.165) is 50.3 Å². The van der Waals surface area contributed by atoms with Crippen molar-refractivity contribution in [2.24, 2.45) is 0 Å². The number of ether oxygens (including phenoxy) is 5. The molecule has 0 amide bonds. The first-order valence-corrected chi connectivity index (χ1v) is 24.5. The number of hydrogen-bond acceptors (Lipinski definition) is 9. The highest BCUT2D eigenvalue weighted by Gasteiger charge is 2.19. The van der Waals surface area contributed by atoms with Crippen LogP contribution in [0.25, 0.3) is 0 Å². The molecule has 0 heterocycles. The summed E-state index contributed by atoms with van der Waals surface area (Å²) in [5.41, 5.74) is 1.21. The lowest BCUT2D eigenvalue weighted by molar-refractivity contribution is 0.0720. The van der Waals surface area contributed by atoms with Crippen LogP contribution in [0, 0.1) is 11.6 Å². The zero-order valence-corrected chi connectivity index (χ0v) is 39.7. The number of carbonyl (C=O) groups is 4. The molecule has 0 aliphatic carbocycles. The predicted octanol–water partition coefficient (Wildman–Crippen LogP) is 15.2. The molecule has 0 fully saturated rings. The van der Waals surface area contributed by atoms with E-state index in [9.17, 15) is 23.6 Å². The zero-order valence-electron chi connectivity index (χ0n) is 39.7. The smallest absolute Gasteiger partial charge is 0.346 e. The van der Waals surface area contributed by atoms with E-state index in [-0.39, 0.29) is 39.9 Å². The number of aryl methyl sites for hydroxylation is 1. The third-order valence-electron chi connectivity index (χ3n) is 11.6. The Hall–Kier alpha value is -6.36. The second kappa shape index (κ2) is 29.4. The molecule has 0 unspecified atom stereocenters.